The van der Waals surface area contributed by atoms with E-state index in [1.807, 2.05) is 19.9 Å². The molecule has 1 heteroatoms. The van der Waals surface area contributed by atoms with E-state index in [0.29, 0.717) is 5.92 Å². The van der Waals surface area contributed by atoms with Gasteiger partial charge in [0.25, 0.3) is 0 Å². The molecule has 0 rings (SSSR count). The van der Waals surface area contributed by atoms with Crippen LogP contribution in [-0.2, 0) is 0 Å². The van der Waals surface area contributed by atoms with Crippen LogP contribution in [0.2, 0.25) is 0 Å². The van der Waals surface area contributed by atoms with Crippen LogP contribution in [0.4, 0.5) is 0 Å². The lowest BCUT2D eigenvalue weighted by atomic mass is 9.89. The molecule has 0 aromatic rings. The monoisotopic (exact) mass is 142 g/mol. The first-order valence-electron chi connectivity index (χ1n) is 3.81. The van der Waals surface area contributed by atoms with Gasteiger partial charge in [-0.15, -0.1) is 6.58 Å². The molecule has 0 saturated heterocycles. The summed E-state index contributed by atoms with van der Waals surface area (Å²) in [7, 11) is 0. The second-order valence-corrected chi connectivity index (χ2v) is 3.42. The summed E-state index contributed by atoms with van der Waals surface area (Å²) in [6.45, 7) is 9.39. The Kier molecular flexibility index (Phi) is 3.66. The zero-order chi connectivity index (χ0) is 8.20. The summed E-state index contributed by atoms with van der Waals surface area (Å²) in [5, 5.41) is 9.48. The predicted octanol–water partition coefficient (Wildman–Crippen LogP) is 2.36. The highest BCUT2D eigenvalue weighted by Gasteiger charge is 2.20. The quantitative estimate of drug-likeness (QED) is 0.597. The van der Waals surface area contributed by atoms with Crippen LogP contribution in [0.1, 0.15) is 33.6 Å². The molecule has 10 heavy (non-hydrogen) atoms. The Hall–Kier alpha value is -0.300. The van der Waals surface area contributed by atoms with E-state index in [2.05, 4.69) is 13.5 Å². The van der Waals surface area contributed by atoms with E-state index in [1.165, 1.54) is 0 Å². The first kappa shape index (κ1) is 9.70. The molecule has 0 aliphatic heterocycles. The van der Waals surface area contributed by atoms with E-state index in [1.54, 1.807) is 0 Å². The van der Waals surface area contributed by atoms with Crippen molar-refractivity contribution in [3.63, 3.8) is 0 Å². The van der Waals surface area contributed by atoms with Gasteiger partial charge in [-0.3, -0.25) is 0 Å². The zero-order valence-corrected chi connectivity index (χ0v) is 7.22. The van der Waals surface area contributed by atoms with Crippen LogP contribution >= 0.6 is 0 Å². The van der Waals surface area contributed by atoms with Crippen molar-refractivity contribution >= 4 is 0 Å². The van der Waals surface area contributed by atoms with Gasteiger partial charge in [0.15, 0.2) is 0 Å². The van der Waals surface area contributed by atoms with Crippen LogP contribution < -0.4 is 0 Å². The van der Waals surface area contributed by atoms with Gasteiger partial charge >= 0.3 is 0 Å². The SMILES string of the molecule is C=CCCC(C)C(C)(C)O. The van der Waals surface area contributed by atoms with E-state index in [-0.39, 0.29) is 0 Å². The Balaban J connectivity index is 3.61. The van der Waals surface area contributed by atoms with Crippen molar-refractivity contribution in [1.82, 2.24) is 0 Å². The number of allylic oxidation sites excluding steroid dienone is 1. The summed E-state index contributed by atoms with van der Waals surface area (Å²) in [4.78, 5) is 0. The van der Waals surface area contributed by atoms with Crippen LogP contribution in [-0.4, -0.2) is 10.7 Å². The molecule has 60 valence electrons. The third-order valence-corrected chi connectivity index (χ3v) is 2.01. The van der Waals surface area contributed by atoms with Gasteiger partial charge in [0.05, 0.1) is 5.60 Å². The average molecular weight is 142 g/mol. The Morgan fingerprint density at radius 2 is 2.10 bits per heavy atom. The predicted molar refractivity (Wildman–Crippen MR) is 44.9 cm³/mol. The van der Waals surface area contributed by atoms with E-state index in [9.17, 15) is 5.11 Å². The second kappa shape index (κ2) is 3.77. The van der Waals surface area contributed by atoms with Gasteiger partial charge in [-0.05, 0) is 32.6 Å². The van der Waals surface area contributed by atoms with Crippen LogP contribution in [0.5, 0.6) is 0 Å². The van der Waals surface area contributed by atoms with Gasteiger partial charge in [-0.2, -0.15) is 0 Å². The van der Waals surface area contributed by atoms with Gasteiger partial charge in [0.2, 0.25) is 0 Å². The molecular weight excluding hydrogens is 124 g/mol. The summed E-state index contributed by atoms with van der Waals surface area (Å²) in [5.74, 6) is 0.352. The summed E-state index contributed by atoms with van der Waals surface area (Å²) >= 11 is 0. The molecule has 1 N–H and O–H groups in total. The molecule has 0 aromatic heterocycles. The molecule has 1 unspecified atom stereocenters. The summed E-state index contributed by atoms with van der Waals surface area (Å²) in [5.41, 5.74) is -0.539. The fourth-order valence-corrected chi connectivity index (χ4v) is 0.721. The molecule has 0 saturated carbocycles. The van der Waals surface area contributed by atoms with Crippen LogP contribution in [0.25, 0.3) is 0 Å². The molecule has 0 spiro atoms. The molecule has 1 atom stereocenters. The fraction of sp³-hybridized carbons (Fsp3) is 0.778. The van der Waals surface area contributed by atoms with E-state index >= 15 is 0 Å². The largest absolute Gasteiger partial charge is 0.390 e. The molecule has 0 heterocycles. The summed E-state index contributed by atoms with van der Waals surface area (Å²) in [6, 6.07) is 0. The normalized spacial score (nSPS) is 14.8. The first-order chi connectivity index (χ1) is 4.48. The zero-order valence-electron chi connectivity index (χ0n) is 7.22. The lowest BCUT2D eigenvalue weighted by Crippen LogP contribution is -2.28. The highest BCUT2D eigenvalue weighted by Crippen LogP contribution is 2.20. The maximum Gasteiger partial charge on any atom is 0.0617 e. The van der Waals surface area contributed by atoms with Crippen LogP contribution in [0.15, 0.2) is 12.7 Å². The Bertz CT molecular complexity index is 99.8. The molecule has 0 fully saturated rings. The highest BCUT2D eigenvalue weighted by atomic mass is 16.3. The lowest BCUT2D eigenvalue weighted by molar-refractivity contribution is 0.0218. The van der Waals surface area contributed by atoms with Gasteiger partial charge in [-0.1, -0.05) is 13.0 Å². The van der Waals surface area contributed by atoms with E-state index < -0.39 is 5.60 Å². The molecule has 0 bridgehead atoms. The third kappa shape index (κ3) is 3.67. The van der Waals surface area contributed by atoms with Crippen molar-refractivity contribution in [3.8, 4) is 0 Å². The van der Waals surface area contributed by atoms with Crippen molar-refractivity contribution in [2.45, 2.75) is 39.2 Å². The average Bonchev–Trinajstić information content (AvgIpc) is 1.80. The van der Waals surface area contributed by atoms with Crippen molar-refractivity contribution in [1.29, 1.82) is 0 Å². The lowest BCUT2D eigenvalue weighted by Gasteiger charge is -2.25. The maximum atomic E-state index is 9.48. The highest BCUT2D eigenvalue weighted by molar-refractivity contribution is 4.76. The Labute approximate surface area is 63.8 Å². The number of hydrogen-bond donors (Lipinski definition) is 1. The second-order valence-electron chi connectivity index (χ2n) is 3.42. The molecule has 0 aliphatic carbocycles. The molecule has 0 aliphatic rings. The molecule has 0 amide bonds. The number of hydrogen-bond acceptors (Lipinski definition) is 1. The van der Waals surface area contributed by atoms with E-state index in [0.717, 1.165) is 12.8 Å². The first-order valence-corrected chi connectivity index (χ1v) is 3.81. The third-order valence-electron chi connectivity index (χ3n) is 2.01. The minimum absolute atomic E-state index is 0.352. The summed E-state index contributed by atoms with van der Waals surface area (Å²) < 4.78 is 0. The minimum atomic E-state index is -0.539. The fourth-order valence-electron chi connectivity index (χ4n) is 0.721. The van der Waals surface area contributed by atoms with Crippen molar-refractivity contribution in [2.75, 3.05) is 0 Å². The van der Waals surface area contributed by atoms with Gasteiger partial charge in [-0.25, -0.2) is 0 Å². The van der Waals surface area contributed by atoms with Crippen molar-refractivity contribution < 1.29 is 5.11 Å². The number of aliphatic hydroxyl groups is 1. The molecule has 1 nitrogen and oxygen atoms in total. The van der Waals surface area contributed by atoms with Crippen LogP contribution in [0.3, 0.4) is 0 Å². The van der Waals surface area contributed by atoms with Crippen molar-refractivity contribution in [3.05, 3.63) is 12.7 Å². The smallest absolute Gasteiger partial charge is 0.0617 e. The maximum absolute atomic E-state index is 9.48. The molecular formula is C9H18O. The Morgan fingerprint density at radius 3 is 2.40 bits per heavy atom. The Morgan fingerprint density at radius 1 is 1.60 bits per heavy atom. The van der Waals surface area contributed by atoms with Gasteiger partial charge < -0.3 is 5.11 Å². The minimum Gasteiger partial charge on any atom is -0.390 e. The van der Waals surface area contributed by atoms with Crippen LogP contribution in [0, 0.1) is 5.92 Å². The molecule has 0 aromatic carbocycles. The molecule has 0 radical (unpaired) electrons. The van der Waals surface area contributed by atoms with Gasteiger partial charge in [0.1, 0.15) is 0 Å². The van der Waals surface area contributed by atoms with E-state index in [4.69, 9.17) is 0 Å². The van der Waals surface area contributed by atoms with Crippen molar-refractivity contribution in [2.24, 2.45) is 5.92 Å². The van der Waals surface area contributed by atoms with Gasteiger partial charge in [0, 0.05) is 0 Å². The standard InChI is InChI=1S/C9H18O/c1-5-6-7-8(2)9(3,4)10/h5,8,10H,1,6-7H2,2-4H3. The number of rotatable bonds is 4. The topological polar surface area (TPSA) is 20.2 Å². The summed E-state index contributed by atoms with van der Waals surface area (Å²) in [6.07, 6.45) is 3.90.